The van der Waals surface area contributed by atoms with E-state index >= 15 is 0 Å². The van der Waals surface area contributed by atoms with E-state index in [1.165, 1.54) is 0 Å². The van der Waals surface area contributed by atoms with Crippen molar-refractivity contribution in [1.82, 2.24) is 39.8 Å². The highest BCUT2D eigenvalue weighted by molar-refractivity contribution is 5.90. The van der Waals surface area contributed by atoms with Gasteiger partial charge in [0.25, 0.3) is 0 Å². The number of urea groups is 1. The summed E-state index contributed by atoms with van der Waals surface area (Å²) in [6, 6.07) is 4.51. The number of amides is 2. The highest BCUT2D eigenvalue weighted by Crippen LogP contribution is 2.45. The van der Waals surface area contributed by atoms with Crippen molar-refractivity contribution in [3.05, 3.63) is 31.0 Å². The number of nitriles is 1. The van der Waals surface area contributed by atoms with E-state index in [9.17, 15) is 15.2 Å². The van der Waals surface area contributed by atoms with Crippen LogP contribution in [0.1, 0.15) is 38.5 Å². The summed E-state index contributed by atoms with van der Waals surface area (Å²) in [5.74, 6) is 0. The summed E-state index contributed by atoms with van der Waals surface area (Å²) in [7, 11) is 0. The molecule has 3 aliphatic rings. The maximum absolute atomic E-state index is 12.6. The van der Waals surface area contributed by atoms with E-state index in [0.717, 1.165) is 67.5 Å². The lowest BCUT2D eigenvalue weighted by Gasteiger charge is -2.52. The molecule has 1 aliphatic heterocycles. The minimum Gasteiger partial charge on any atom is -0.391 e. The predicted molar refractivity (Wildman–Crippen MR) is 132 cm³/mol. The van der Waals surface area contributed by atoms with Gasteiger partial charge in [0.15, 0.2) is 0 Å². The number of hydrogen-bond acceptors (Lipinski definition) is 7. The van der Waals surface area contributed by atoms with Crippen molar-refractivity contribution in [2.24, 2.45) is 0 Å². The van der Waals surface area contributed by atoms with Gasteiger partial charge >= 0.3 is 6.03 Å². The largest absolute Gasteiger partial charge is 0.391 e. The Morgan fingerprint density at radius 3 is 2.83 bits per heavy atom. The van der Waals surface area contributed by atoms with Gasteiger partial charge in [-0.1, -0.05) is 0 Å². The van der Waals surface area contributed by atoms with E-state index in [0.29, 0.717) is 25.6 Å². The molecule has 3 N–H and O–H groups in total. The van der Waals surface area contributed by atoms with Crippen LogP contribution in [0.2, 0.25) is 0 Å². The number of hydrogen-bond donors (Lipinski definition) is 3. The lowest BCUT2D eigenvalue weighted by molar-refractivity contribution is -0.0132. The summed E-state index contributed by atoms with van der Waals surface area (Å²) in [6.45, 7) is 2.96. The van der Waals surface area contributed by atoms with Gasteiger partial charge in [0, 0.05) is 55.6 Å². The third-order valence-electron chi connectivity index (χ3n) is 8.24. The van der Waals surface area contributed by atoms with E-state index in [1.54, 1.807) is 6.33 Å². The second-order valence-corrected chi connectivity index (χ2v) is 10.3. The normalized spacial score (nSPS) is 28.7. The first-order valence-electron chi connectivity index (χ1n) is 12.7. The third kappa shape index (κ3) is 4.00. The van der Waals surface area contributed by atoms with E-state index in [1.807, 2.05) is 34.2 Å². The molecule has 2 saturated carbocycles. The van der Waals surface area contributed by atoms with Crippen molar-refractivity contribution < 1.29 is 9.90 Å². The van der Waals surface area contributed by atoms with Crippen molar-refractivity contribution in [2.45, 2.75) is 62.3 Å². The van der Waals surface area contributed by atoms with Gasteiger partial charge in [-0.15, -0.1) is 0 Å². The van der Waals surface area contributed by atoms with Crippen molar-refractivity contribution >= 4 is 17.1 Å². The van der Waals surface area contributed by atoms with Crippen LogP contribution in [0.3, 0.4) is 0 Å². The summed E-state index contributed by atoms with van der Waals surface area (Å²) < 4.78 is 1.96. The van der Waals surface area contributed by atoms with Gasteiger partial charge in [-0.25, -0.2) is 14.8 Å². The topological polar surface area (TPSA) is 139 Å². The first-order valence-corrected chi connectivity index (χ1v) is 12.7. The van der Waals surface area contributed by atoms with Gasteiger partial charge in [0.05, 0.1) is 42.1 Å². The molecule has 4 heterocycles. The van der Waals surface area contributed by atoms with Crippen molar-refractivity contribution in [2.75, 3.05) is 26.2 Å². The Kier molecular flexibility index (Phi) is 5.85. The van der Waals surface area contributed by atoms with E-state index in [-0.39, 0.29) is 17.6 Å². The van der Waals surface area contributed by atoms with Crippen LogP contribution in [-0.2, 0) is 5.54 Å². The van der Waals surface area contributed by atoms with Gasteiger partial charge in [0.2, 0.25) is 0 Å². The molecular weight excluding hydrogens is 458 g/mol. The summed E-state index contributed by atoms with van der Waals surface area (Å²) in [4.78, 5) is 28.8. The molecule has 0 radical (unpaired) electrons. The molecule has 188 valence electrons. The molecule has 0 aromatic carbocycles. The molecule has 3 aromatic heterocycles. The van der Waals surface area contributed by atoms with E-state index < -0.39 is 6.10 Å². The Bertz CT molecular complexity index is 1280. The molecule has 3 aromatic rings. The van der Waals surface area contributed by atoms with Crippen LogP contribution in [0.5, 0.6) is 0 Å². The average molecular weight is 490 g/mol. The Hall–Kier alpha value is -3.49. The lowest BCUT2D eigenvalue weighted by Crippen LogP contribution is -2.61. The smallest absolute Gasteiger partial charge is 0.317 e. The fraction of sp³-hybridized carbons (Fsp3) is 0.560. The van der Waals surface area contributed by atoms with Gasteiger partial charge in [0.1, 0.15) is 12.0 Å². The molecule has 1 saturated heterocycles. The van der Waals surface area contributed by atoms with Gasteiger partial charge in [-0.2, -0.15) is 10.4 Å². The number of nitrogens with one attached hydrogen (secondary N) is 2. The minimum absolute atomic E-state index is 0.0710. The quantitative estimate of drug-likeness (QED) is 0.497. The van der Waals surface area contributed by atoms with Crippen molar-refractivity contribution in [3.63, 3.8) is 0 Å². The number of H-pyrrole nitrogens is 1. The second-order valence-electron chi connectivity index (χ2n) is 10.3. The standard InChI is InChI=1S/C25H31N9O2/c26-6-5-25(34-15-17(14-30-34)22-19-4-7-27-23(19)29-16-28-22)12-18(13-25)32-8-10-33(11-9-32)24(36)31-20-2-1-3-21(20)35/h4,7,14-16,18,20-21,35H,1-3,5,8-13H2,(H,31,36)(H,27,28,29)/t18?,20-,21-,25?/m0/s1. The SMILES string of the molecule is N#CCC1(n2cc(-c3ncnc4[nH]ccc34)cn2)CC(N2CCN(C(=O)N[C@H]3CCC[C@@H]3O)CC2)C1. The second kappa shape index (κ2) is 9.19. The highest BCUT2D eigenvalue weighted by Gasteiger charge is 2.49. The number of carbonyl (C=O) groups excluding carboxylic acids is 1. The van der Waals surface area contributed by atoms with Crippen molar-refractivity contribution in [3.8, 4) is 17.3 Å². The van der Waals surface area contributed by atoms with Crippen LogP contribution < -0.4 is 5.32 Å². The number of nitrogens with zero attached hydrogens (tertiary/aromatic N) is 7. The monoisotopic (exact) mass is 489 g/mol. The molecule has 3 fully saturated rings. The number of fused-ring (bicyclic) bond motifs is 1. The van der Waals surface area contributed by atoms with Crippen molar-refractivity contribution in [1.29, 1.82) is 5.26 Å². The molecule has 2 atom stereocenters. The molecule has 0 bridgehead atoms. The minimum atomic E-state index is -0.426. The number of aromatic amines is 1. The number of aromatic nitrogens is 5. The molecule has 11 heteroatoms. The number of carbonyl (C=O) groups is 1. The third-order valence-corrected chi connectivity index (χ3v) is 8.24. The average Bonchev–Trinajstić information content (AvgIpc) is 3.63. The van der Waals surface area contributed by atoms with Crippen LogP contribution in [0, 0.1) is 11.3 Å². The molecule has 11 nitrogen and oxygen atoms in total. The highest BCUT2D eigenvalue weighted by atomic mass is 16.3. The Labute approximate surface area is 209 Å². The zero-order chi connectivity index (χ0) is 24.7. The molecule has 2 aliphatic carbocycles. The van der Waals surface area contributed by atoms with E-state index in [2.05, 4.69) is 36.3 Å². The molecule has 0 spiro atoms. The van der Waals surface area contributed by atoms with Gasteiger partial charge in [-0.3, -0.25) is 9.58 Å². The number of piperazine rings is 1. The fourth-order valence-electron chi connectivity index (χ4n) is 6.09. The first-order chi connectivity index (χ1) is 17.6. The zero-order valence-electron chi connectivity index (χ0n) is 20.2. The van der Waals surface area contributed by atoms with Crippen LogP contribution in [0.15, 0.2) is 31.0 Å². The summed E-state index contributed by atoms with van der Waals surface area (Å²) in [5, 5.41) is 28.2. The molecule has 36 heavy (non-hydrogen) atoms. The maximum Gasteiger partial charge on any atom is 0.317 e. The summed E-state index contributed by atoms with van der Waals surface area (Å²) >= 11 is 0. The zero-order valence-corrected chi connectivity index (χ0v) is 20.2. The number of aliphatic hydroxyl groups is 1. The summed E-state index contributed by atoms with van der Waals surface area (Å²) in [5.41, 5.74) is 2.20. The summed E-state index contributed by atoms with van der Waals surface area (Å²) in [6.07, 6.45) is 11.5. The Balaban J connectivity index is 1.09. The molecular formula is C25H31N9O2. The van der Waals surface area contributed by atoms with Crippen LogP contribution >= 0.6 is 0 Å². The van der Waals surface area contributed by atoms with E-state index in [4.69, 9.17) is 0 Å². The number of aliphatic hydroxyl groups excluding tert-OH is 1. The van der Waals surface area contributed by atoms with Gasteiger partial charge < -0.3 is 20.3 Å². The lowest BCUT2D eigenvalue weighted by atomic mass is 9.70. The van der Waals surface area contributed by atoms with Gasteiger partial charge in [-0.05, 0) is 38.2 Å². The molecule has 2 amide bonds. The molecule has 6 rings (SSSR count). The van der Waals surface area contributed by atoms with Crippen LogP contribution in [0.4, 0.5) is 4.79 Å². The van der Waals surface area contributed by atoms with Crippen LogP contribution in [-0.4, -0.2) is 90.0 Å². The Morgan fingerprint density at radius 2 is 2.08 bits per heavy atom. The van der Waals surface area contributed by atoms with Crippen LogP contribution in [0.25, 0.3) is 22.3 Å². The molecule has 0 unspecified atom stereocenters. The predicted octanol–water partition coefficient (Wildman–Crippen LogP) is 1.83. The number of rotatable bonds is 5. The Morgan fingerprint density at radius 1 is 1.25 bits per heavy atom. The first kappa shape index (κ1) is 22.9. The maximum atomic E-state index is 12.6. The fourth-order valence-corrected chi connectivity index (χ4v) is 6.09.